The fourth-order valence-electron chi connectivity index (χ4n) is 2.83. The number of hydrogen-bond acceptors (Lipinski definition) is 5. The van der Waals surface area contributed by atoms with Crippen LogP contribution in [0.5, 0.6) is 11.5 Å². The number of piperazine rings is 1. The summed E-state index contributed by atoms with van der Waals surface area (Å²) in [5, 5.41) is 5.63. The van der Waals surface area contributed by atoms with E-state index < -0.39 is 0 Å². The Balaban J connectivity index is 2.07. The van der Waals surface area contributed by atoms with E-state index in [4.69, 9.17) is 9.47 Å². The Kier molecular flexibility index (Phi) is 4.63. The van der Waals surface area contributed by atoms with E-state index >= 15 is 0 Å². The molecule has 2 heterocycles. The minimum atomic E-state index is 0.620. The van der Waals surface area contributed by atoms with Gasteiger partial charge in [0.15, 0.2) is 11.5 Å². The lowest BCUT2D eigenvalue weighted by Crippen LogP contribution is -2.43. The molecule has 0 unspecified atom stereocenters. The molecular weight excluding hydrogens is 278 g/mol. The molecule has 0 saturated carbocycles. The summed E-state index contributed by atoms with van der Waals surface area (Å²) in [6, 6.07) is 6.14. The molecule has 0 radical (unpaired) electrons. The van der Waals surface area contributed by atoms with Crippen molar-refractivity contribution in [2.24, 2.45) is 0 Å². The molecule has 1 fully saturated rings. The van der Waals surface area contributed by atoms with Gasteiger partial charge in [-0.3, -0.25) is 0 Å². The van der Waals surface area contributed by atoms with E-state index in [1.165, 1.54) is 0 Å². The fourth-order valence-corrected chi connectivity index (χ4v) is 2.83. The van der Waals surface area contributed by atoms with Gasteiger partial charge in [0.25, 0.3) is 0 Å². The van der Waals surface area contributed by atoms with Crippen LogP contribution in [0.2, 0.25) is 0 Å². The van der Waals surface area contributed by atoms with Crippen LogP contribution >= 0.6 is 0 Å². The zero-order chi connectivity index (χ0) is 15.4. The van der Waals surface area contributed by atoms with Crippen LogP contribution in [-0.4, -0.2) is 44.4 Å². The molecule has 1 aromatic carbocycles. The number of rotatable bonds is 5. The average molecular weight is 301 g/mol. The van der Waals surface area contributed by atoms with Gasteiger partial charge in [0.2, 0.25) is 0 Å². The van der Waals surface area contributed by atoms with Gasteiger partial charge in [-0.15, -0.1) is 0 Å². The molecule has 1 aromatic heterocycles. The van der Waals surface area contributed by atoms with E-state index in [0.29, 0.717) is 13.2 Å². The van der Waals surface area contributed by atoms with Gasteiger partial charge < -0.3 is 19.7 Å². The first kappa shape index (κ1) is 14.9. The number of anilines is 1. The molecule has 3 rings (SSSR count). The Labute approximate surface area is 131 Å². The molecule has 0 atom stereocenters. The topological polar surface area (TPSA) is 46.6 Å². The third-order valence-corrected chi connectivity index (χ3v) is 3.82. The molecule has 5 nitrogen and oxygen atoms in total. The summed E-state index contributed by atoms with van der Waals surface area (Å²) in [6.45, 7) is 9.16. The molecule has 5 heteroatoms. The Hall–Kier alpha value is -2.01. The van der Waals surface area contributed by atoms with Crippen molar-refractivity contribution in [1.29, 1.82) is 0 Å². The third kappa shape index (κ3) is 2.95. The molecule has 0 aliphatic carbocycles. The van der Waals surface area contributed by atoms with E-state index in [1.807, 2.05) is 26.1 Å². The molecule has 2 aromatic rings. The normalized spacial score (nSPS) is 15.1. The fraction of sp³-hybridized carbons (Fsp3) is 0.471. The molecule has 0 amide bonds. The number of benzene rings is 1. The maximum Gasteiger partial charge on any atom is 0.161 e. The Morgan fingerprint density at radius 1 is 1.09 bits per heavy atom. The first-order valence-electron chi connectivity index (χ1n) is 7.97. The third-order valence-electron chi connectivity index (χ3n) is 3.82. The highest BCUT2D eigenvalue weighted by Gasteiger charge is 2.16. The molecule has 0 spiro atoms. The van der Waals surface area contributed by atoms with Gasteiger partial charge in [0.1, 0.15) is 5.82 Å². The minimum Gasteiger partial charge on any atom is -0.490 e. The molecular formula is C17H23N3O2. The van der Waals surface area contributed by atoms with Gasteiger partial charge in [0, 0.05) is 37.8 Å². The van der Waals surface area contributed by atoms with Gasteiger partial charge in [-0.1, -0.05) is 0 Å². The largest absolute Gasteiger partial charge is 0.490 e. The van der Waals surface area contributed by atoms with Crippen molar-refractivity contribution in [3.05, 3.63) is 24.4 Å². The van der Waals surface area contributed by atoms with Crippen molar-refractivity contribution in [1.82, 2.24) is 10.3 Å². The SMILES string of the molecule is CCOc1cc2ccnc(N3CCNCC3)c2cc1OCC. The molecule has 1 aliphatic rings. The maximum absolute atomic E-state index is 5.76. The number of hydrogen-bond donors (Lipinski definition) is 1. The quantitative estimate of drug-likeness (QED) is 0.919. The number of nitrogens with one attached hydrogen (secondary N) is 1. The standard InChI is InChI=1S/C17H23N3O2/c1-3-21-15-11-13-5-6-19-17(20-9-7-18-8-10-20)14(13)12-16(15)22-4-2/h5-6,11-12,18H,3-4,7-10H2,1-2H3. The second-order valence-electron chi connectivity index (χ2n) is 5.26. The predicted octanol–water partition coefficient (Wildman–Crippen LogP) is 2.44. The zero-order valence-corrected chi connectivity index (χ0v) is 13.3. The lowest BCUT2D eigenvalue weighted by atomic mass is 10.1. The van der Waals surface area contributed by atoms with Crippen LogP contribution < -0.4 is 19.7 Å². The molecule has 118 valence electrons. The second kappa shape index (κ2) is 6.83. The van der Waals surface area contributed by atoms with E-state index in [-0.39, 0.29) is 0 Å². The summed E-state index contributed by atoms with van der Waals surface area (Å²) in [7, 11) is 0. The average Bonchev–Trinajstić information content (AvgIpc) is 2.56. The van der Waals surface area contributed by atoms with Crippen LogP contribution in [0.25, 0.3) is 10.8 Å². The minimum absolute atomic E-state index is 0.620. The highest BCUT2D eigenvalue weighted by atomic mass is 16.5. The molecule has 1 N–H and O–H groups in total. The van der Waals surface area contributed by atoms with Crippen molar-refractivity contribution < 1.29 is 9.47 Å². The monoisotopic (exact) mass is 301 g/mol. The highest BCUT2D eigenvalue weighted by Crippen LogP contribution is 2.36. The van der Waals surface area contributed by atoms with E-state index in [9.17, 15) is 0 Å². The van der Waals surface area contributed by atoms with Crippen LogP contribution in [-0.2, 0) is 0 Å². The molecule has 0 bridgehead atoms. The summed E-state index contributed by atoms with van der Waals surface area (Å²) in [5.74, 6) is 2.62. The van der Waals surface area contributed by atoms with Gasteiger partial charge in [-0.25, -0.2) is 4.98 Å². The lowest BCUT2D eigenvalue weighted by Gasteiger charge is -2.29. The second-order valence-corrected chi connectivity index (χ2v) is 5.26. The number of ether oxygens (including phenoxy) is 2. The maximum atomic E-state index is 5.76. The first-order chi connectivity index (χ1) is 10.8. The molecule has 22 heavy (non-hydrogen) atoms. The van der Waals surface area contributed by atoms with Gasteiger partial charge in [-0.05, 0) is 37.4 Å². The zero-order valence-electron chi connectivity index (χ0n) is 13.3. The van der Waals surface area contributed by atoms with Gasteiger partial charge in [0.05, 0.1) is 13.2 Å². The number of pyridine rings is 1. The van der Waals surface area contributed by atoms with Crippen LogP contribution in [0.4, 0.5) is 5.82 Å². The lowest BCUT2D eigenvalue weighted by molar-refractivity contribution is 0.288. The van der Waals surface area contributed by atoms with Crippen LogP contribution in [0, 0.1) is 0 Å². The van der Waals surface area contributed by atoms with Crippen molar-refractivity contribution in [3.63, 3.8) is 0 Å². The van der Waals surface area contributed by atoms with Crippen LogP contribution in [0.15, 0.2) is 24.4 Å². The van der Waals surface area contributed by atoms with Crippen molar-refractivity contribution in [2.45, 2.75) is 13.8 Å². The van der Waals surface area contributed by atoms with Gasteiger partial charge in [-0.2, -0.15) is 0 Å². The highest BCUT2D eigenvalue weighted by molar-refractivity contribution is 5.94. The summed E-state index contributed by atoms with van der Waals surface area (Å²) >= 11 is 0. The van der Waals surface area contributed by atoms with Crippen molar-refractivity contribution in [3.8, 4) is 11.5 Å². The number of nitrogens with zero attached hydrogens (tertiary/aromatic N) is 2. The summed E-state index contributed by atoms with van der Waals surface area (Å²) in [5.41, 5.74) is 0. The Bertz CT molecular complexity index is 639. The predicted molar refractivity (Wildman–Crippen MR) is 89.2 cm³/mol. The van der Waals surface area contributed by atoms with E-state index in [0.717, 1.165) is 54.3 Å². The number of fused-ring (bicyclic) bond motifs is 1. The van der Waals surface area contributed by atoms with Crippen molar-refractivity contribution >= 4 is 16.6 Å². The van der Waals surface area contributed by atoms with Crippen LogP contribution in [0.3, 0.4) is 0 Å². The molecule has 1 aliphatic heterocycles. The summed E-state index contributed by atoms with van der Waals surface area (Å²) in [6.07, 6.45) is 1.87. The molecule has 1 saturated heterocycles. The first-order valence-corrected chi connectivity index (χ1v) is 7.97. The Morgan fingerprint density at radius 2 is 1.77 bits per heavy atom. The smallest absolute Gasteiger partial charge is 0.161 e. The van der Waals surface area contributed by atoms with E-state index in [1.54, 1.807) is 0 Å². The Morgan fingerprint density at radius 3 is 2.45 bits per heavy atom. The summed E-state index contributed by atoms with van der Waals surface area (Å²) < 4.78 is 11.5. The van der Waals surface area contributed by atoms with E-state index in [2.05, 4.69) is 27.3 Å². The van der Waals surface area contributed by atoms with Crippen molar-refractivity contribution in [2.75, 3.05) is 44.3 Å². The summed E-state index contributed by atoms with van der Waals surface area (Å²) in [4.78, 5) is 6.94. The van der Waals surface area contributed by atoms with Crippen LogP contribution in [0.1, 0.15) is 13.8 Å². The number of aromatic nitrogens is 1. The van der Waals surface area contributed by atoms with Gasteiger partial charge >= 0.3 is 0 Å².